The standard InChI is InChI=1S/C24H30N2O5/c1-23(2)13-24(15-30-4)14-26(11-20(23)24)22(28)17-7-5-6-8-18(17)25-21(27)19-10-9-16(31-19)12-29-3/h5-10,20H,11-15H2,1-4H3,(H,25,27)/t20-,24-/m1/s1. The van der Waals surface area contributed by atoms with Gasteiger partial charge in [0.25, 0.3) is 11.8 Å². The molecule has 2 heterocycles. The Kier molecular flexibility index (Phi) is 5.66. The molecule has 2 aromatic rings. The smallest absolute Gasteiger partial charge is 0.291 e. The molecular weight excluding hydrogens is 396 g/mol. The van der Waals surface area contributed by atoms with Crippen LogP contribution < -0.4 is 5.32 Å². The molecule has 0 unspecified atom stereocenters. The van der Waals surface area contributed by atoms with Crippen LogP contribution in [0.4, 0.5) is 5.69 Å². The van der Waals surface area contributed by atoms with Crippen LogP contribution in [0.15, 0.2) is 40.8 Å². The number of anilines is 1. The number of likely N-dealkylation sites (tertiary alicyclic amines) is 1. The van der Waals surface area contributed by atoms with E-state index in [1.165, 1.54) is 0 Å². The fourth-order valence-corrected chi connectivity index (χ4v) is 5.62. The number of rotatable bonds is 7. The molecule has 1 N–H and O–H groups in total. The highest BCUT2D eigenvalue weighted by molar-refractivity contribution is 6.08. The monoisotopic (exact) mass is 426 g/mol. The van der Waals surface area contributed by atoms with Gasteiger partial charge in [0.1, 0.15) is 12.4 Å². The Labute approximate surface area is 182 Å². The summed E-state index contributed by atoms with van der Waals surface area (Å²) in [5.41, 5.74) is 1.17. The molecule has 1 saturated heterocycles. The Bertz CT molecular complexity index is 982. The van der Waals surface area contributed by atoms with Crippen molar-refractivity contribution in [2.45, 2.75) is 26.9 Å². The third-order valence-corrected chi connectivity index (χ3v) is 6.70. The molecule has 2 aliphatic rings. The maximum absolute atomic E-state index is 13.4. The summed E-state index contributed by atoms with van der Waals surface area (Å²) in [6.45, 7) is 6.85. The van der Waals surface area contributed by atoms with E-state index in [4.69, 9.17) is 13.9 Å². The molecule has 31 heavy (non-hydrogen) atoms. The molecule has 1 aromatic heterocycles. The highest BCUT2D eigenvalue weighted by Crippen LogP contribution is 2.62. The van der Waals surface area contributed by atoms with E-state index in [0.717, 1.165) is 6.42 Å². The van der Waals surface area contributed by atoms with Crippen molar-refractivity contribution >= 4 is 17.5 Å². The lowest BCUT2D eigenvalue weighted by Crippen LogP contribution is -2.55. The second kappa shape index (κ2) is 8.13. The van der Waals surface area contributed by atoms with Crippen molar-refractivity contribution in [2.75, 3.05) is 39.2 Å². The Morgan fingerprint density at radius 1 is 1.16 bits per heavy atom. The normalized spacial score (nSPS) is 23.9. The van der Waals surface area contributed by atoms with Crippen molar-refractivity contribution in [3.05, 3.63) is 53.5 Å². The predicted octanol–water partition coefficient (Wildman–Crippen LogP) is 3.81. The summed E-state index contributed by atoms with van der Waals surface area (Å²) in [5.74, 6) is 0.676. The number of furan rings is 1. The number of carbonyl (C=O) groups excluding carboxylic acids is 2. The number of para-hydroxylation sites is 1. The van der Waals surface area contributed by atoms with Crippen LogP contribution in [0.2, 0.25) is 0 Å². The van der Waals surface area contributed by atoms with E-state index in [0.29, 0.717) is 42.6 Å². The van der Waals surface area contributed by atoms with Crippen molar-refractivity contribution in [2.24, 2.45) is 16.7 Å². The first-order valence-electron chi connectivity index (χ1n) is 10.6. The van der Waals surface area contributed by atoms with Crippen molar-refractivity contribution < 1.29 is 23.5 Å². The van der Waals surface area contributed by atoms with E-state index in [1.807, 2.05) is 11.0 Å². The van der Waals surface area contributed by atoms with Gasteiger partial charge in [-0.15, -0.1) is 0 Å². The molecule has 0 radical (unpaired) electrons. The van der Waals surface area contributed by atoms with Gasteiger partial charge in [-0.25, -0.2) is 0 Å². The van der Waals surface area contributed by atoms with Crippen molar-refractivity contribution in [3.8, 4) is 0 Å². The molecular formula is C24H30N2O5. The first kappa shape index (κ1) is 21.6. The minimum absolute atomic E-state index is 0.0258. The number of nitrogens with one attached hydrogen (secondary N) is 1. The zero-order valence-corrected chi connectivity index (χ0v) is 18.6. The summed E-state index contributed by atoms with van der Waals surface area (Å²) in [7, 11) is 3.28. The summed E-state index contributed by atoms with van der Waals surface area (Å²) < 4.78 is 16.0. The summed E-state index contributed by atoms with van der Waals surface area (Å²) in [6, 6.07) is 10.4. The number of hydrogen-bond acceptors (Lipinski definition) is 5. The lowest BCUT2D eigenvalue weighted by Gasteiger charge is -2.56. The minimum Gasteiger partial charge on any atom is -0.453 e. The van der Waals surface area contributed by atoms with E-state index in [9.17, 15) is 9.59 Å². The number of amides is 2. The van der Waals surface area contributed by atoms with Gasteiger partial charge >= 0.3 is 0 Å². The van der Waals surface area contributed by atoms with Gasteiger partial charge in [-0.1, -0.05) is 26.0 Å². The minimum atomic E-state index is -0.402. The predicted molar refractivity (Wildman–Crippen MR) is 116 cm³/mol. The topological polar surface area (TPSA) is 81.0 Å². The maximum Gasteiger partial charge on any atom is 0.291 e. The highest BCUT2D eigenvalue weighted by atomic mass is 16.5. The quantitative estimate of drug-likeness (QED) is 0.728. The van der Waals surface area contributed by atoms with Crippen LogP contribution >= 0.6 is 0 Å². The number of fused-ring (bicyclic) bond motifs is 1. The Balaban J connectivity index is 1.52. The van der Waals surface area contributed by atoms with Crippen LogP contribution in [0.25, 0.3) is 0 Å². The third-order valence-electron chi connectivity index (χ3n) is 6.70. The van der Waals surface area contributed by atoms with Crippen molar-refractivity contribution in [3.63, 3.8) is 0 Å². The zero-order valence-electron chi connectivity index (χ0n) is 18.6. The average Bonchev–Trinajstić information content (AvgIpc) is 3.32. The molecule has 2 atom stereocenters. The molecule has 7 nitrogen and oxygen atoms in total. The van der Waals surface area contributed by atoms with Gasteiger partial charge in [-0.2, -0.15) is 0 Å². The molecule has 0 spiro atoms. The molecule has 2 amide bonds. The molecule has 166 valence electrons. The van der Waals surface area contributed by atoms with E-state index < -0.39 is 5.91 Å². The molecule has 0 bridgehead atoms. The van der Waals surface area contributed by atoms with Crippen LogP contribution in [0.3, 0.4) is 0 Å². The van der Waals surface area contributed by atoms with Crippen LogP contribution in [-0.4, -0.2) is 50.6 Å². The Hall–Kier alpha value is -2.64. The average molecular weight is 427 g/mol. The molecule has 7 heteroatoms. The first-order valence-corrected chi connectivity index (χ1v) is 10.6. The van der Waals surface area contributed by atoms with E-state index in [2.05, 4.69) is 19.2 Å². The van der Waals surface area contributed by atoms with Gasteiger partial charge in [0.15, 0.2) is 5.76 Å². The van der Waals surface area contributed by atoms with Gasteiger partial charge in [0.2, 0.25) is 0 Å². The van der Waals surface area contributed by atoms with Crippen LogP contribution in [0.1, 0.15) is 46.9 Å². The lowest BCUT2D eigenvalue weighted by atomic mass is 9.48. The second-order valence-electron chi connectivity index (χ2n) is 9.40. The van der Waals surface area contributed by atoms with E-state index >= 15 is 0 Å². The Morgan fingerprint density at radius 2 is 1.94 bits per heavy atom. The first-order chi connectivity index (χ1) is 14.8. The largest absolute Gasteiger partial charge is 0.453 e. The summed E-state index contributed by atoms with van der Waals surface area (Å²) in [4.78, 5) is 28.0. The number of benzene rings is 1. The van der Waals surface area contributed by atoms with Crippen molar-refractivity contribution in [1.29, 1.82) is 0 Å². The van der Waals surface area contributed by atoms with Gasteiger partial charge < -0.3 is 24.1 Å². The number of methoxy groups -OCH3 is 2. The Morgan fingerprint density at radius 3 is 2.65 bits per heavy atom. The highest BCUT2D eigenvalue weighted by Gasteiger charge is 2.63. The molecule has 1 aliphatic heterocycles. The maximum atomic E-state index is 13.4. The van der Waals surface area contributed by atoms with E-state index in [-0.39, 0.29) is 29.1 Å². The van der Waals surface area contributed by atoms with Gasteiger partial charge in [-0.3, -0.25) is 9.59 Å². The van der Waals surface area contributed by atoms with Crippen molar-refractivity contribution in [1.82, 2.24) is 4.90 Å². The molecule has 1 aromatic carbocycles. The van der Waals surface area contributed by atoms with Gasteiger partial charge in [0.05, 0.1) is 17.9 Å². The van der Waals surface area contributed by atoms with Crippen LogP contribution in [0.5, 0.6) is 0 Å². The fraction of sp³-hybridized carbons (Fsp3) is 0.500. The lowest BCUT2D eigenvalue weighted by molar-refractivity contribution is -0.107. The zero-order chi connectivity index (χ0) is 22.2. The molecule has 4 rings (SSSR count). The number of hydrogen-bond donors (Lipinski definition) is 1. The second-order valence-corrected chi connectivity index (χ2v) is 9.40. The number of nitrogens with zero attached hydrogens (tertiary/aromatic N) is 1. The van der Waals surface area contributed by atoms with Gasteiger partial charge in [0, 0.05) is 32.7 Å². The molecule has 1 saturated carbocycles. The fourth-order valence-electron chi connectivity index (χ4n) is 5.62. The third kappa shape index (κ3) is 3.88. The summed E-state index contributed by atoms with van der Waals surface area (Å²) >= 11 is 0. The molecule has 2 fully saturated rings. The van der Waals surface area contributed by atoms with E-state index in [1.54, 1.807) is 44.6 Å². The summed E-state index contributed by atoms with van der Waals surface area (Å²) in [5, 5.41) is 2.83. The SMILES string of the molecule is COCc1ccc(C(=O)Nc2ccccc2C(=O)N2C[C@@H]3C(C)(C)C[C@]3(COC)C2)o1. The van der Waals surface area contributed by atoms with Crippen LogP contribution in [0, 0.1) is 16.7 Å². The summed E-state index contributed by atoms with van der Waals surface area (Å²) in [6.07, 6.45) is 1.04. The van der Waals surface area contributed by atoms with Crippen LogP contribution in [-0.2, 0) is 16.1 Å². The number of carbonyl (C=O) groups is 2. The molecule has 1 aliphatic carbocycles. The number of ether oxygens (including phenoxy) is 2. The van der Waals surface area contributed by atoms with Gasteiger partial charge in [-0.05, 0) is 42.0 Å².